The number of hydrogen-bond donors (Lipinski definition) is 8. The molecule has 0 bridgehead atoms. The van der Waals surface area contributed by atoms with Crippen LogP contribution in [0.15, 0.2) is 54.5 Å². The molecule has 0 radical (unpaired) electrons. The molecule has 3 rings (SSSR count). The van der Waals surface area contributed by atoms with Gasteiger partial charge in [0.1, 0.15) is 29.7 Å². The highest BCUT2D eigenvalue weighted by Crippen LogP contribution is 2.43. The van der Waals surface area contributed by atoms with Crippen molar-refractivity contribution >= 4 is 39.7 Å². The van der Waals surface area contributed by atoms with Crippen molar-refractivity contribution < 1.29 is 41.8 Å². The van der Waals surface area contributed by atoms with E-state index >= 15 is 0 Å². The molecule has 0 unspecified atom stereocenters. The molecule has 17 nitrogen and oxygen atoms in total. The number of nitrogens with one attached hydrogen (secondary N) is 7. The van der Waals surface area contributed by atoms with Gasteiger partial charge in [-0.05, 0) is 95.5 Å². The van der Waals surface area contributed by atoms with Gasteiger partial charge in [-0.1, -0.05) is 30.9 Å². The number of carbonyl (C=O) groups is 4. The second kappa shape index (κ2) is 23.7. The van der Waals surface area contributed by atoms with E-state index in [2.05, 4.69) is 44.5 Å². The van der Waals surface area contributed by atoms with Crippen LogP contribution in [0.4, 0.5) is 0 Å². The Hall–Kier alpha value is -5.46. The summed E-state index contributed by atoms with van der Waals surface area (Å²) in [6.07, 6.45) is 5.37. The number of methoxy groups -OCH3 is 1. The van der Waals surface area contributed by atoms with Crippen LogP contribution in [-0.4, -0.2) is 101 Å². The van der Waals surface area contributed by atoms with Crippen LogP contribution < -0.4 is 46.5 Å². The van der Waals surface area contributed by atoms with Gasteiger partial charge >= 0.3 is 5.97 Å². The minimum absolute atomic E-state index is 0.0615. The number of amides is 3. The fourth-order valence-electron chi connectivity index (χ4n) is 7.33. The minimum atomic E-state index is -4.17. The summed E-state index contributed by atoms with van der Waals surface area (Å²) in [6.45, 7) is 19.1. The zero-order chi connectivity index (χ0) is 46.2. The molecule has 1 aliphatic heterocycles. The van der Waals surface area contributed by atoms with Crippen LogP contribution in [-0.2, 0) is 46.8 Å². The molecule has 1 heterocycles. The fourth-order valence-corrected chi connectivity index (χ4v) is 8.83. The molecule has 0 saturated heterocycles. The Kier molecular flexibility index (Phi) is 19.4. The van der Waals surface area contributed by atoms with Crippen molar-refractivity contribution in [2.75, 3.05) is 33.4 Å². The second-order valence-electron chi connectivity index (χ2n) is 16.1. The van der Waals surface area contributed by atoms with Gasteiger partial charge in [-0.2, -0.15) is 0 Å². The SMILES string of the molecule is C=CCOc1ccc(C[C@@H](CN[C@@H](CCC(N)=O)CN[C@@H](CC=C)C(=O)N[C@@H](CCCNC(=N)NS(=O)(=O)c2c(C)c(C)c3c(c2C)OC(C)(C)C3)C(=O)OC)NC(C)=O)cc1. The van der Waals surface area contributed by atoms with E-state index in [1.165, 1.54) is 14.0 Å². The average molecular weight is 883 g/mol. The van der Waals surface area contributed by atoms with Gasteiger partial charge in [0.25, 0.3) is 10.0 Å². The quantitative estimate of drug-likeness (QED) is 0.0223. The number of nitrogens with two attached hydrogens (primary N) is 1. The zero-order valence-corrected chi connectivity index (χ0v) is 37.9. The standard InChI is InChI=1S/C44H66N8O9S/c1-10-13-36(49-25-32(17-20-38(45)54)48-26-33(50-30(6)53)23-31-15-18-34(19-16-31)60-22-11-2)41(55)51-37(42(56)59-9)14-12-21-47-43(46)52-62(57,58)40-28(4)27(3)35-24-44(7,8)61-39(35)29(40)5/h10-11,15-16,18-19,32-33,36-37,48-49H,1-2,12-14,17,20-26H2,3-9H3,(H2,45,54)(H,50,53)(H,51,55)(H3,46,47,52)/t32-,33-,36-,37-/m0/s1. The Morgan fingerprint density at radius 2 is 1.63 bits per heavy atom. The van der Waals surface area contributed by atoms with E-state index in [9.17, 15) is 27.6 Å². The first-order valence-electron chi connectivity index (χ1n) is 20.7. The van der Waals surface area contributed by atoms with Crippen LogP contribution in [0, 0.1) is 26.2 Å². The van der Waals surface area contributed by atoms with E-state index in [0.717, 1.165) is 16.7 Å². The summed E-state index contributed by atoms with van der Waals surface area (Å²) < 4.78 is 46.1. The van der Waals surface area contributed by atoms with E-state index in [1.54, 1.807) is 26.0 Å². The lowest BCUT2D eigenvalue weighted by Gasteiger charge is -2.26. The number of carbonyl (C=O) groups excluding carboxylic acids is 4. The third-order valence-corrected chi connectivity index (χ3v) is 12.1. The zero-order valence-electron chi connectivity index (χ0n) is 37.1. The van der Waals surface area contributed by atoms with Crippen molar-refractivity contribution in [2.45, 2.75) is 121 Å². The maximum absolute atomic E-state index is 13.6. The molecule has 342 valence electrons. The van der Waals surface area contributed by atoms with E-state index in [0.29, 0.717) is 55.0 Å². The molecule has 9 N–H and O–H groups in total. The van der Waals surface area contributed by atoms with Gasteiger partial charge in [-0.25, -0.2) is 17.9 Å². The highest BCUT2D eigenvalue weighted by atomic mass is 32.2. The first-order valence-corrected chi connectivity index (χ1v) is 22.2. The van der Waals surface area contributed by atoms with Crippen LogP contribution >= 0.6 is 0 Å². The summed E-state index contributed by atoms with van der Waals surface area (Å²) in [4.78, 5) is 50.4. The van der Waals surface area contributed by atoms with E-state index in [4.69, 9.17) is 25.4 Å². The molecule has 0 aliphatic carbocycles. The third kappa shape index (κ3) is 15.5. The molecular formula is C44H66N8O9S. The van der Waals surface area contributed by atoms with E-state index in [1.807, 2.05) is 45.0 Å². The van der Waals surface area contributed by atoms with Crippen LogP contribution in [0.5, 0.6) is 11.5 Å². The van der Waals surface area contributed by atoms with Crippen molar-refractivity contribution in [1.29, 1.82) is 5.41 Å². The number of hydrogen-bond acceptors (Lipinski definition) is 12. The number of ether oxygens (including phenoxy) is 3. The van der Waals surface area contributed by atoms with Gasteiger partial charge in [0, 0.05) is 62.6 Å². The summed E-state index contributed by atoms with van der Waals surface area (Å²) >= 11 is 0. The maximum atomic E-state index is 13.6. The average Bonchev–Trinajstić information content (AvgIpc) is 3.54. The smallest absolute Gasteiger partial charge is 0.328 e. The largest absolute Gasteiger partial charge is 0.490 e. The Morgan fingerprint density at radius 1 is 0.952 bits per heavy atom. The van der Waals surface area contributed by atoms with Crippen molar-refractivity contribution in [3.8, 4) is 11.5 Å². The summed E-state index contributed by atoms with van der Waals surface area (Å²) in [5.41, 5.74) is 8.85. The molecule has 2 aromatic carbocycles. The Balaban J connectivity index is 1.60. The monoisotopic (exact) mass is 882 g/mol. The molecule has 4 atom stereocenters. The summed E-state index contributed by atoms with van der Waals surface area (Å²) in [7, 11) is -2.96. The number of esters is 1. The minimum Gasteiger partial charge on any atom is -0.490 e. The topological polar surface area (TPSA) is 252 Å². The molecule has 18 heteroatoms. The van der Waals surface area contributed by atoms with Gasteiger partial charge in [0.05, 0.1) is 18.0 Å². The molecule has 62 heavy (non-hydrogen) atoms. The number of rotatable bonds is 26. The molecule has 2 aromatic rings. The number of fused-ring (bicyclic) bond motifs is 1. The number of primary amides is 1. The van der Waals surface area contributed by atoms with Crippen LogP contribution in [0.2, 0.25) is 0 Å². The van der Waals surface area contributed by atoms with Crippen molar-refractivity contribution in [1.82, 2.24) is 31.3 Å². The molecule has 0 aromatic heterocycles. The lowest BCUT2D eigenvalue weighted by molar-refractivity contribution is -0.145. The maximum Gasteiger partial charge on any atom is 0.328 e. The fraction of sp³-hybridized carbons (Fsp3) is 0.523. The van der Waals surface area contributed by atoms with Gasteiger partial charge < -0.3 is 46.5 Å². The normalized spacial score (nSPS) is 14.8. The highest BCUT2D eigenvalue weighted by Gasteiger charge is 2.37. The first kappa shape index (κ1) is 50.9. The number of sulfonamides is 1. The highest BCUT2D eigenvalue weighted by molar-refractivity contribution is 7.90. The van der Waals surface area contributed by atoms with Gasteiger partial charge in [-0.3, -0.25) is 19.8 Å². The Morgan fingerprint density at radius 3 is 2.24 bits per heavy atom. The van der Waals surface area contributed by atoms with Gasteiger partial charge in [0.2, 0.25) is 23.7 Å². The summed E-state index contributed by atoms with van der Waals surface area (Å²) in [6, 6.07) is 5.00. The Bertz CT molecular complexity index is 2040. The Labute approximate surface area is 366 Å². The van der Waals surface area contributed by atoms with Crippen LogP contribution in [0.1, 0.15) is 80.7 Å². The molecule has 0 saturated carbocycles. The molecule has 3 amide bonds. The predicted molar refractivity (Wildman–Crippen MR) is 239 cm³/mol. The first-order chi connectivity index (χ1) is 29.2. The van der Waals surface area contributed by atoms with Gasteiger partial charge in [-0.15, -0.1) is 6.58 Å². The van der Waals surface area contributed by atoms with Crippen molar-refractivity contribution in [3.05, 3.63) is 77.4 Å². The molecule has 1 aliphatic rings. The molecule has 0 spiro atoms. The number of benzene rings is 2. The summed E-state index contributed by atoms with van der Waals surface area (Å²) in [5, 5.41) is 23.4. The molecule has 0 fully saturated rings. The predicted octanol–water partition coefficient (Wildman–Crippen LogP) is 2.64. The van der Waals surface area contributed by atoms with Crippen LogP contribution in [0.25, 0.3) is 0 Å². The summed E-state index contributed by atoms with van der Waals surface area (Å²) in [5.74, 6) is -1.08. The van der Waals surface area contributed by atoms with Crippen LogP contribution in [0.3, 0.4) is 0 Å². The van der Waals surface area contributed by atoms with Gasteiger partial charge in [0.15, 0.2) is 0 Å². The van der Waals surface area contributed by atoms with E-state index in [-0.39, 0.29) is 61.7 Å². The molecular weight excluding hydrogens is 817 g/mol. The van der Waals surface area contributed by atoms with Crippen molar-refractivity contribution in [3.63, 3.8) is 0 Å². The lowest BCUT2D eigenvalue weighted by Crippen LogP contribution is -2.54. The van der Waals surface area contributed by atoms with E-state index < -0.39 is 51.5 Å². The second-order valence-corrected chi connectivity index (χ2v) is 17.7. The number of guanidine groups is 1. The van der Waals surface area contributed by atoms with Crippen molar-refractivity contribution in [2.24, 2.45) is 5.73 Å². The lowest BCUT2D eigenvalue weighted by atomic mass is 9.93. The third-order valence-electron chi connectivity index (χ3n) is 10.5.